The van der Waals surface area contributed by atoms with Crippen molar-refractivity contribution in [3.05, 3.63) is 135 Å². The van der Waals surface area contributed by atoms with Gasteiger partial charge < -0.3 is 26.8 Å². The number of nitrogen functional groups attached to an aromatic ring is 1. The minimum Gasteiger partial charge on any atom is -0.466 e. The zero-order chi connectivity index (χ0) is 66.4. The van der Waals surface area contributed by atoms with Gasteiger partial charge in [-0.3, -0.25) is 38.2 Å². The largest absolute Gasteiger partial charge is 0.466 e. The highest BCUT2D eigenvalue weighted by Crippen LogP contribution is 2.34. The van der Waals surface area contributed by atoms with Crippen LogP contribution in [-0.2, 0) is 28.7 Å². The van der Waals surface area contributed by atoms with Gasteiger partial charge in [-0.2, -0.15) is 19.2 Å². The molecule has 0 radical (unpaired) electrons. The topological polar surface area (TPSA) is 386 Å². The molecule has 0 aliphatic heterocycles. The van der Waals surface area contributed by atoms with Gasteiger partial charge in [-0.25, -0.2) is 58.0 Å². The molecule has 3 aliphatic rings. The average Bonchev–Trinajstić information content (AvgIpc) is 1.62. The number of nitro groups is 2. The fourth-order valence-electron chi connectivity index (χ4n) is 10.8. The van der Waals surface area contributed by atoms with Crippen LogP contribution in [0.15, 0.2) is 92.2 Å². The van der Waals surface area contributed by atoms with Crippen LogP contribution in [0.5, 0.6) is 0 Å². The zero-order valence-corrected chi connectivity index (χ0v) is 51.0. The maximum atomic E-state index is 13.6. The molecule has 32 heteroatoms. The third-order valence-corrected chi connectivity index (χ3v) is 16.0. The SMILES string of the molecule is CCC1CCC(Nc2nc(-c3cnc4ccc(F)cn34)ncc2N)CC1.CCC1CCC(Nc2nc(-c3cnc4ccc(F)cn34)ncc2[N+](=O)[O-])CC1.CCOC(=O)C1CCC(N)CC1.O=C=O.O=C=O.O=[N+]([O-])c1cnc(-c2cnc3ccc(F)cn23)nc1Cl. The monoisotopic (exact) mass is 1290 g/mol. The molecule has 9 heterocycles. The van der Waals surface area contributed by atoms with E-state index < -0.39 is 27.2 Å². The van der Waals surface area contributed by atoms with Crippen molar-refractivity contribution in [2.45, 2.75) is 129 Å². The molecule has 0 bridgehead atoms. The Labute approximate surface area is 528 Å². The number of hydrogen-bond donors (Lipinski definition) is 4. The van der Waals surface area contributed by atoms with Gasteiger partial charge in [0.15, 0.2) is 23.3 Å². The van der Waals surface area contributed by atoms with Gasteiger partial charge in [-0.05, 0) is 132 Å². The second kappa shape index (κ2) is 33.6. The minimum absolute atomic E-state index is 0.0376. The van der Waals surface area contributed by atoms with E-state index in [0.29, 0.717) is 70.0 Å². The van der Waals surface area contributed by atoms with Gasteiger partial charge in [-0.1, -0.05) is 38.3 Å². The summed E-state index contributed by atoms with van der Waals surface area (Å²) in [6.07, 6.45) is 27.8. The summed E-state index contributed by atoms with van der Waals surface area (Å²) < 4.78 is 50.1. The van der Waals surface area contributed by atoms with Crippen molar-refractivity contribution < 1.29 is 51.7 Å². The Kier molecular flexibility index (Phi) is 25.3. The molecule has 12 rings (SSSR count). The summed E-state index contributed by atoms with van der Waals surface area (Å²) >= 11 is 5.73. The Bertz CT molecular complexity index is 4030. The molecule has 0 spiro atoms. The lowest BCUT2D eigenvalue weighted by Gasteiger charge is -2.29. The average molecular weight is 1290 g/mol. The zero-order valence-electron chi connectivity index (χ0n) is 50.2. The number of imidazole rings is 3. The Morgan fingerprint density at radius 2 is 0.957 bits per heavy atom. The van der Waals surface area contributed by atoms with Crippen LogP contribution in [0.4, 0.5) is 41.9 Å². The summed E-state index contributed by atoms with van der Waals surface area (Å²) in [6, 6.07) is 9.47. The summed E-state index contributed by atoms with van der Waals surface area (Å²) in [5, 5.41) is 28.5. The highest BCUT2D eigenvalue weighted by Gasteiger charge is 2.28. The number of halogens is 4. The van der Waals surface area contributed by atoms with Gasteiger partial charge in [0.1, 0.15) is 63.9 Å². The molecule has 3 saturated carbocycles. The number of hydrogen-bond acceptors (Lipinski definition) is 23. The number of nitrogens with zero attached hydrogens (tertiary/aromatic N) is 14. The van der Waals surface area contributed by atoms with E-state index in [4.69, 9.17) is 47.0 Å². The molecule has 484 valence electrons. The number of fused-ring (bicyclic) bond motifs is 3. The quantitative estimate of drug-likeness (QED) is 0.0360. The first-order valence-corrected chi connectivity index (χ1v) is 29.8. The van der Waals surface area contributed by atoms with Crippen molar-refractivity contribution >= 4 is 75.5 Å². The first-order valence-electron chi connectivity index (χ1n) is 29.5. The standard InChI is InChI=1S/C19H21FN6O2.C19H23FN6.C11H5ClFN5O2.C9H17NO2.2CO2/c1-2-12-3-6-14(7-4-12)23-19-16(26(27)28)10-22-18(24-19)15-9-21-17-8-5-13(20)11-25(15)17;1-2-12-3-6-14(7-4-12)24-18-15(21)9-23-19(25-18)16-10-22-17-8-5-13(20)11-26(16)17;12-10-7(18(19)20)3-15-11(16-10)8-4-14-9-2-1-6(13)5-17(8)9;1-2-12-9(11)7-3-5-8(10)6-4-7;2*2-1-3/h5,8-12,14H,2-4,6-7H2,1H3,(H,22,23,24);5,8-12,14H,2-4,6-7,21H2,1H3,(H,23,24,25);1-5H;7-8H,2-6,10H2,1H3;;. The Hall–Kier alpha value is -10.2. The maximum absolute atomic E-state index is 13.6. The first kappa shape index (κ1) is 69.3. The van der Waals surface area contributed by atoms with Gasteiger partial charge in [0.05, 0.1) is 52.8 Å². The van der Waals surface area contributed by atoms with E-state index in [9.17, 15) is 38.2 Å². The minimum atomic E-state index is -0.680. The summed E-state index contributed by atoms with van der Waals surface area (Å²) in [5.41, 5.74) is 15.0. The second-order valence-electron chi connectivity index (χ2n) is 21.5. The van der Waals surface area contributed by atoms with Gasteiger partial charge >= 0.3 is 29.6 Å². The molecule has 0 aromatic carbocycles. The number of rotatable bonds is 13. The molecular weight excluding hydrogens is 1230 g/mol. The molecule has 0 atom stereocenters. The van der Waals surface area contributed by atoms with Crippen molar-refractivity contribution in [1.82, 2.24) is 58.1 Å². The fourth-order valence-corrected chi connectivity index (χ4v) is 11.0. The van der Waals surface area contributed by atoms with Crippen molar-refractivity contribution in [2.75, 3.05) is 23.0 Å². The molecule has 9 aromatic rings. The molecule has 9 aromatic heterocycles. The van der Waals surface area contributed by atoms with Crippen LogP contribution in [0.25, 0.3) is 51.5 Å². The fraction of sp³-hybridized carbons (Fsp3) is 0.400. The maximum Gasteiger partial charge on any atom is 0.373 e. The third kappa shape index (κ3) is 18.5. The third-order valence-electron chi connectivity index (χ3n) is 15.7. The highest BCUT2D eigenvalue weighted by atomic mass is 35.5. The number of aromatic nitrogens is 12. The van der Waals surface area contributed by atoms with Crippen molar-refractivity contribution in [3.63, 3.8) is 0 Å². The lowest BCUT2D eigenvalue weighted by atomic mass is 9.84. The van der Waals surface area contributed by atoms with Gasteiger partial charge in [0, 0.05) is 36.7 Å². The lowest BCUT2D eigenvalue weighted by molar-refractivity contribution is -0.385. The number of nitrogens with two attached hydrogens (primary N) is 2. The smallest absolute Gasteiger partial charge is 0.373 e. The Balaban J connectivity index is 0.000000174. The predicted octanol–water partition coefficient (Wildman–Crippen LogP) is 10.5. The van der Waals surface area contributed by atoms with E-state index in [-0.39, 0.29) is 64.4 Å². The van der Waals surface area contributed by atoms with Crippen LogP contribution in [0, 0.1) is 55.4 Å². The lowest BCUT2D eigenvalue weighted by Crippen LogP contribution is -2.30. The van der Waals surface area contributed by atoms with Crippen LogP contribution >= 0.6 is 11.6 Å². The van der Waals surface area contributed by atoms with Crippen molar-refractivity contribution in [2.24, 2.45) is 23.5 Å². The van der Waals surface area contributed by atoms with E-state index in [0.717, 1.165) is 88.7 Å². The highest BCUT2D eigenvalue weighted by molar-refractivity contribution is 6.31. The molecule has 28 nitrogen and oxygen atoms in total. The van der Waals surface area contributed by atoms with Crippen LogP contribution in [0.2, 0.25) is 5.15 Å². The molecular formula is C60H66ClF3N18O10. The number of carbonyl (C=O) groups excluding carboxylic acids is 5. The normalized spacial score (nSPS) is 18.2. The Morgan fingerprint density at radius 3 is 1.35 bits per heavy atom. The van der Waals surface area contributed by atoms with Crippen LogP contribution in [-0.4, -0.2) is 111 Å². The summed E-state index contributed by atoms with van der Waals surface area (Å²) in [6.45, 7) is 6.78. The molecule has 3 fully saturated rings. The van der Waals surface area contributed by atoms with Crippen LogP contribution in [0.3, 0.4) is 0 Å². The summed E-state index contributed by atoms with van der Waals surface area (Å²) in [5.74, 6) is 2.12. The molecule has 0 amide bonds. The van der Waals surface area contributed by atoms with Crippen molar-refractivity contribution in [3.8, 4) is 34.6 Å². The molecule has 0 saturated heterocycles. The number of carbonyl (C=O) groups is 1. The van der Waals surface area contributed by atoms with Crippen molar-refractivity contribution in [1.29, 1.82) is 0 Å². The number of esters is 1. The first-order chi connectivity index (χ1) is 44.3. The van der Waals surface area contributed by atoms with E-state index in [1.165, 1.54) is 89.5 Å². The number of ether oxygens (including phenoxy) is 1. The number of nitrogens with one attached hydrogen (secondary N) is 2. The predicted molar refractivity (Wildman–Crippen MR) is 327 cm³/mol. The molecule has 6 N–H and O–H groups in total. The van der Waals surface area contributed by atoms with Crippen LogP contribution in [0.1, 0.15) is 111 Å². The Morgan fingerprint density at radius 1 is 0.576 bits per heavy atom. The summed E-state index contributed by atoms with van der Waals surface area (Å²) in [7, 11) is 0. The summed E-state index contributed by atoms with van der Waals surface area (Å²) in [4.78, 5) is 102. The van der Waals surface area contributed by atoms with Gasteiger partial charge in [0.2, 0.25) is 11.0 Å². The molecule has 92 heavy (non-hydrogen) atoms. The van der Waals surface area contributed by atoms with Crippen LogP contribution < -0.4 is 22.1 Å². The molecule has 3 aliphatic carbocycles. The number of anilines is 3. The number of pyridine rings is 3. The van der Waals surface area contributed by atoms with E-state index in [1.54, 1.807) is 28.9 Å². The second-order valence-corrected chi connectivity index (χ2v) is 21.9. The van der Waals surface area contributed by atoms with Gasteiger partial charge in [-0.15, -0.1) is 0 Å². The molecule has 0 unspecified atom stereocenters. The van der Waals surface area contributed by atoms with E-state index in [2.05, 4.69) is 69.3 Å². The van der Waals surface area contributed by atoms with Gasteiger partial charge in [0.25, 0.3) is 0 Å². The van der Waals surface area contributed by atoms with E-state index >= 15 is 0 Å². The van der Waals surface area contributed by atoms with E-state index in [1.807, 2.05) is 6.92 Å².